The van der Waals surface area contributed by atoms with Crippen molar-refractivity contribution in [2.45, 2.75) is 6.92 Å². The van der Waals surface area contributed by atoms with Gasteiger partial charge in [-0.05, 0) is 30.7 Å². The number of pyridine rings is 2. The number of fused-ring (bicyclic) bond motifs is 2. The van der Waals surface area contributed by atoms with Crippen LogP contribution in [0.5, 0.6) is 0 Å². The Labute approximate surface area is 158 Å². The zero-order valence-corrected chi connectivity index (χ0v) is 14.9. The van der Waals surface area contributed by atoms with E-state index in [0.717, 1.165) is 27.6 Å². The number of nitrogens with two attached hydrogens (primary N) is 1. The van der Waals surface area contributed by atoms with E-state index in [1.165, 1.54) is 12.1 Å². The van der Waals surface area contributed by atoms with Gasteiger partial charge in [-0.25, -0.2) is 0 Å². The van der Waals surface area contributed by atoms with Crippen LogP contribution in [0.3, 0.4) is 0 Å². The third-order valence-corrected chi connectivity index (χ3v) is 4.93. The van der Waals surface area contributed by atoms with E-state index in [2.05, 4.69) is 16.0 Å². The Morgan fingerprint density at radius 3 is 2.64 bits per heavy atom. The minimum absolute atomic E-state index is 0.0787. The van der Waals surface area contributed by atoms with Gasteiger partial charge in [0, 0.05) is 22.5 Å². The van der Waals surface area contributed by atoms with Crippen LogP contribution in [0.25, 0.3) is 44.2 Å². The van der Waals surface area contributed by atoms with E-state index in [0.29, 0.717) is 16.5 Å². The summed E-state index contributed by atoms with van der Waals surface area (Å²) in [6.45, 7) is 2.03. The number of anilines is 1. The van der Waals surface area contributed by atoms with Crippen LogP contribution in [0.1, 0.15) is 11.1 Å². The Morgan fingerprint density at radius 1 is 1.11 bits per heavy atom. The number of aromatic nitrogens is 2. The van der Waals surface area contributed by atoms with Gasteiger partial charge in [-0.15, -0.1) is 0 Å². The maximum absolute atomic E-state index is 11.8. The summed E-state index contributed by atoms with van der Waals surface area (Å²) in [7, 11) is 0. The van der Waals surface area contributed by atoms with E-state index < -0.39 is 0 Å². The van der Waals surface area contributed by atoms with E-state index in [1.54, 1.807) is 6.07 Å². The molecule has 0 saturated heterocycles. The van der Waals surface area contributed by atoms with E-state index in [1.807, 2.05) is 37.3 Å². The molecule has 2 aromatic carbocycles. The molecule has 6 nitrogen and oxygen atoms in total. The highest BCUT2D eigenvalue weighted by Gasteiger charge is 2.18. The minimum atomic E-state index is -0.152. The highest BCUT2D eigenvalue weighted by atomic mass is 16.3. The molecule has 3 heterocycles. The van der Waals surface area contributed by atoms with Crippen molar-refractivity contribution >= 4 is 38.8 Å². The molecule has 0 atom stereocenters. The Hall–Kier alpha value is -4.11. The lowest BCUT2D eigenvalue weighted by atomic mass is 10.0. The largest absolute Gasteiger partial charge is 0.437 e. The third kappa shape index (κ3) is 2.27. The SMILES string of the molecule is Cc1ccc(-c2cc3c4ccc(=O)cc4oc4nc(N)c(C#N)c([nH]2)c43)cc1. The number of aromatic amines is 1. The van der Waals surface area contributed by atoms with E-state index in [-0.39, 0.29) is 22.5 Å². The lowest BCUT2D eigenvalue weighted by Gasteiger charge is -2.13. The minimum Gasteiger partial charge on any atom is -0.437 e. The van der Waals surface area contributed by atoms with Crippen LogP contribution in [0.2, 0.25) is 0 Å². The van der Waals surface area contributed by atoms with Gasteiger partial charge in [0.25, 0.3) is 0 Å². The van der Waals surface area contributed by atoms with Crippen molar-refractivity contribution in [3.63, 3.8) is 0 Å². The van der Waals surface area contributed by atoms with Gasteiger partial charge >= 0.3 is 0 Å². The molecule has 3 N–H and O–H groups in total. The average Bonchev–Trinajstić information content (AvgIpc) is 2.68. The molecule has 0 spiro atoms. The average molecular weight is 366 g/mol. The summed E-state index contributed by atoms with van der Waals surface area (Å²) in [5.74, 6) is 0.0787. The van der Waals surface area contributed by atoms with Crippen molar-refractivity contribution < 1.29 is 4.42 Å². The molecule has 0 unspecified atom stereocenters. The molecule has 3 aromatic heterocycles. The molecule has 0 saturated carbocycles. The monoisotopic (exact) mass is 366 g/mol. The molecule has 0 bridgehead atoms. The normalized spacial score (nSPS) is 11.3. The van der Waals surface area contributed by atoms with Crippen LogP contribution in [0, 0.1) is 18.3 Å². The molecule has 0 aliphatic heterocycles. The zero-order chi connectivity index (χ0) is 19.4. The van der Waals surface area contributed by atoms with E-state index >= 15 is 0 Å². The van der Waals surface area contributed by atoms with Crippen LogP contribution < -0.4 is 11.2 Å². The summed E-state index contributed by atoms with van der Waals surface area (Å²) >= 11 is 0. The number of rotatable bonds is 1. The van der Waals surface area contributed by atoms with Gasteiger partial charge in [-0.1, -0.05) is 29.8 Å². The molecular weight excluding hydrogens is 352 g/mol. The topological polar surface area (TPSA) is 109 Å². The maximum Gasteiger partial charge on any atom is 0.231 e. The highest BCUT2D eigenvalue weighted by Crippen LogP contribution is 2.36. The van der Waals surface area contributed by atoms with Gasteiger partial charge in [0.05, 0.1) is 10.9 Å². The smallest absolute Gasteiger partial charge is 0.231 e. The lowest BCUT2D eigenvalue weighted by molar-refractivity contribution is 0.647. The number of nitriles is 1. The van der Waals surface area contributed by atoms with E-state index in [9.17, 15) is 10.1 Å². The number of nitrogen functional groups attached to an aromatic ring is 1. The molecule has 0 fully saturated rings. The second-order valence-corrected chi connectivity index (χ2v) is 6.76. The summed E-state index contributed by atoms with van der Waals surface area (Å²) in [6, 6.07) is 16.9. The molecule has 5 aromatic rings. The van der Waals surface area contributed by atoms with Gasteiger partial charge in [0.2, 0.25) is 5.71 Å². The first-order valence-electron chi connectivity index (χ1n) is 8.71. The number of hydrogen-bond donors (Lipinski definition) is 2. The number of aryl methyl sites for hydroxylation is 1. The van der Waals surface area contributed by atoms with Crippen molar-refractivity contribution in [2.75, 3.05) is 5.73 Å². The number of hydrogen-bond acceptors (Lipinski definition) is 5. The summed E-state index contributed by atoms with van der Waals surface area (Å²) in [5, 5.41) is 11.9. The highest BCUT2D eigenvalue weighted by molar-refractivity contribution is 6.18. The van der Waals surface area contributed by atoms with Gasteiger partial charge in [-0.3, -0.25) is 4.79 Å². The van der Waals surface area contributed by atoms with Crippen molar-refractivity contribution in [1.29, 1.82) is 5.26 Å². The van der Waals surface area contributed by atoms with Gasteiger partial charge in [0.1, 0.15) is 23.0 Å². The summed E-state index contributed by atoms with van der Waals surface area (Å²) in [5.41, 5.74) is 10.4. The maximum atomic E-state index is 11.8. The molecule has 0 aliphatic rings. The predicted molar refractivity (Wildman–Crippen MR) is 109 cm³/mol. The fourth-order valence-corrected chi connectivity index (χ4v) is 3.55. The number of H-pyrrole nitrogens is 1. The van der Waals surface area contributed by atoms with Gasteiger partial charge in [0.15, 0.2) is 5.43 Å². The van der Waals surface area contributed by atoms with Crippen molar-refractivity contribution in [3.8, 4) is 17.3 Å². The Bertz CT molecular complexity index is 1500. The third-order valence-electron chi connectivity index (χ3n) is 4.93. The van der Waals surface area contributed by atoms with Crippen molar-refractivity contribution in [2.24, 2.45) is 0 Å². The first-order chi connectivity index (χ1) is 13.5. The summed E-state index contributed by atoms with van der Waals surface area (Å²) in [6.07, 6.45) is 0. The molecule has 6 heteroatoms. The fraction of sp³-hybridized carbons (Fsp3) is 0.0455. The first-order valence-corrected chi connectivity index (χ1v) is 8.71. The standard InChI is InChI=1S/C22H14N4O2/c1-11-2-4-12(5-3-11)17-9-15-14-7-6-13(27)8-18(14)28-22-19(15)20(25-17)16(10-23)21(24)26-22/h2-9,25H,1H3,(H2,24,26). The summed E-state index contributed by atoms with van der Waals surface area (Å²) < 4.78 is 5.85. The van der Waals surface area contributed by atoms with Crippen LogP contribution in [-0.4, -0.2) is 9.97 Å². The second kappa shape index (κ2) is 5.69. The molecule has 0 amide bonds. The van der Waals surface area contributed by atoms with Crippen LogP contribution >= 0.6 is 0 Å². The van der Waals surface area contributed by atoms with Crippen molar-refractivity contribution in [3.05, 3.63) is 69.9 Å². The zero-order valence-electron chi connectivity index (χ0n) is 14.9. The van der Waals surface area contributed by atoms with Crippen LogP contribution in [0.4, 0.5) is 5.82 Å². The fourth-order valence-electron chi connectivity index (χ4n) is 3.55. The first kappa shape index (κ1) is 16.1. The van der Waals surface area contributed by atoms with Crippen LogP contribution in [-0.2, 0) is 0 Å². The van der Waals surface area contributed by atoms with Crippen molar-refractivity contribution in [1.82, 2.24) is 9.97 Å². The quantitative estimate of drug-likeness (QED) is 0.340. The van der Waals surface area contributed by atoms with Gasteiger partial charge < -0.3 is 15.1 Å². The van der Waals surface area contributed by atoms with E-state index in [4.69, 9.17) is 10.2 Å². The molecular formula is C22H14N4O2. The Kier molecular flexibility index (Phi) is 3.27. The predicted octanol–water partition coefficient (Wildman–Crippen LogP) is 4.25. The lowest BCUT2D eigenvalue weighted by Crippen LogP contribution is -2.01. The van der Waals surface area contributed by atoms with Crippen LogP contribution in [0.15, 0.2) is 57.7 Å². The Morgan fingerprint density at radius 2 is 1.89 bits per heavy atom. The van der Waals surface area contributed by atoms with Gasteiger partial charge in [-0.2, -0.15) is 10.2 Å². The molecule has 134 valence electrons. The second-order valence-electron chi connectivity index (χ2n) is 6.76. The molecule has 28 heavy (non-hydrogen) atoms. The Balaban J connectivity index is 2.03. The number of nitrogens with zero attached hydrogens (tertiary/aromatic N) is 2. The molecule has 5 rings (SSSR count). The number of benzene rings is 2. The number of nitrogens with one attached hydrogen (secondary N) is 1. The summed E-state index contributed by atoms with van der Waals surface area (Å²) in [4.78, 5) is 19.4. The molecule has 0 aliphatic carbocycles. The molecule has 0 radical (unpaired) electrons.